The van der Waals surface area contributed by atoms with Crippen LogP contribution >= 0.6 is 11.3 Å². The molecule has 0 N–H and O–H groups in total. The number of benzene rings is 3. The second kappa shape index (κ2) is 15.8. The first-order chi connectivity index (χ1) is 23.7. The van der Waals surface area contributed by atoms with Crippen molar-refractivity contribution in [3.8, 4) is 21.9 Å². The van der Waals surface area contributed by atoms with Gasteiger partial charge in [-0.3, -0.25) is 19.5 Å². The number of nitrogens with zero attached hydrogens (tertiary/aromatic N) is 5. The van der Waals surface area contributed by atoms with Crippen LogP contribution < -0.4 is 9.64 Å². The van der Waals surface area contributed by atoms with Gasteiger partial charge in [0.25, 0.3) is 0 Å². The van der Waals surface area contributed by atoms with E-state index in [1.165, 1.54) is 22.6 Å². The van der Waals surface area contributed by atoms with Gasteiger partial charge >= 0.3 is 0 Å². The summed E-state index contributed by atoms with van der Waals surface area (Å²) in [5.41, 5.74) is 4.31. The number of carbonyl (C=O) groups excluding carboxylic acids is 2. The fraction of sp³-hybridized carbons (Fsp3) is 0.308. The van der Waals surface area contributed by atoms with Crippen molar-refractivity contribution in [1.82, 2.24) is 19.7 Å². The van der Waals surface area contributed by atoms with Crippen molar-refractivity contribution in [2.45, 2.75) is 19.4 Å². The third-order valence-electron chi connectivity index (χ3n) is 8.92. The van der Waals surface area contributed by atoms with Gasteiger partial charge in [0.2, 0.25) is 5.91 Å². The third kappa shape index (κ3) is 8.96. The largest absolute Gasteiger partial charge is 0.453 e. The zero-order valence-corrected chi connectivity index (χ0v) is 29.1. The maximum atomic E-state index is 15.3. The van der Waals surface area contributed by atoms with E-state index in [1.54, 1.807) is 48.8 Å². The standard InChI is InChI=1S/C39H42FN5O3S/c1-42-16-19-45(20-17-42)21-18-43(2)27-29-8-7-9-30(22-29)37-26-34-39(49-37)36(14-15-41-34)48-35-13-12-28(24-33(35)40)23-32(46)25-38(47)44(3)31-10-5-4-6-11-31/h4-15,22,24,26H,16-21,23,25,27H2,1-3H3. The molecule has 1 fully saturated rings. The monoisotopic (exact) mass is 679 g/mol. The number of hydrogen-bond acceptors (Lipinski definition) is 8. The predicted octanol–water partition coefficient (Wildman–Crippen LogP) is 6.74. The summed E-state index contributed by atoms with van der Waals surface area (Å²) in [7, 11) is 5.99. The molecule has 0 saturated carbocycles. The molecule has 5 aromatic rings. The Bertz CT molecular complexity index is 1910. The maximum absolute atomic E-state index is 15.3. The minimum absolute atomic E-state index is 0.0511. The average Bonchev–Trinajstić information content (AvgIpc) is 3.55. The van der Waals surface area contributed by atoms with Gasteiger partial charge in [-0.2, -0.15) is 0 Å². The Morgan fingerprint density at radius 3 is 2.47 bits per heavy atom. The van der Waals surface area contributed by atoms with Crippen molar-refractivity contribution in [2.75, 3.05) is 65.3 Å². The molecule has 49 heavy (non-hydrogen) atoms. The van der Waals surface area contributed by atoms with Crippen molar-refractivity contribution >= 4 is 38.9 Å². The number of fused-ring (bicyclic) bond motifs is 1. The van der Waals surface area contributed by atoms with Gasteiger partial charge in [0, 0.05) is 82.1 Å². The van der Waals surface area contributed by atoms with E-state index in [4.69, 9.17) is 4.74 Å². The number of anilines is 1. The molecule has 0 radical (unpaired) electrons. The Labute approximate surface area is 291 Å². The lowest BCUT2D eigenvalue weighted by molar-refractivity contribution is -0.126. The van der Waals surface area contributed by atoms with Crippen LogP contribution in [0, 0.1) is 5.82 Å². The number of para-hydroxylation sites is 1. The fourth-order valence-corrected chi connectivity index (χ4v) is 7.03. The van der Waals surface area contributed by atoms with Crippen LogP contribution in [0.4, 0.5) is 10.1 Å². The molecule has 0 aliphatic carbocycles. The van der Waals surface area contributed by atoms with Crippen LogP contribution in [0.25, 0.3) is 20.7 Å². The van der Waals surface area contributed by atoms with Gasteiger partial charge in [-0.05, 0) is 67.2 Å². The topological polar surface area (TPSA) is 69.2 Å². The molecule has 3 heterocycles. The van der Waals surface area contributed by atoms with Gasteiger partial charge in [0.1, 0.15) is 11.5 Å². The van der Waals surface area contributed by atoms with Crippen LogP contribution in [0.15, 0.2) is 91.1 Å². The van der Waals surface area contributed by atoms with E-state index in [1.807, 2.05) is 24.3 Å². The van der Waals surface area contributed by atoms with Gasteiger partial charge < -0.3 is 19.4 Å². The van der Waals surface area contributed by atoms with Crippen molar-refractivity contribution in [3.05, 3.63) is 108 Å². The van der Waals surface area contributed by atoms with Crippen LogP contribution in [0.2, 0.25) is 0 Å². The second-order valence-electron chi connectivity index (χ2n) is 12.8. The van der Waals surface area contributed by atoms with E-state index < -0.39 is 5.82 Å². The molecule has 6 rings (SSSR count). The first-order valence-electron chi connectivity index (χ1n) is 16.6. The van der Waals surface area contributed by atoms with Crippen LogP contribution in [0.1, 0.15) is 17.5 Å². The average molecular weight is 680 g/mol. The summed E-state index contributed by atoms with van der Waals surface area (Å²) in [6.07, 6.45) is 1.34. The molecule has 2 aromatic heterocycles. The molecule has 10 heteroatoms. The molecule has 3 aromatic carbocycles. The van der Waals surface area contributed by atoms with E-state index in [2.05, 4.69) is 58.0 Å². The number of halogens is 1. The SMILES string of the molecule is CN1CCN(CCN(C)Cc2cccc(-c3cc4nccc(Oc5ccc(CC(=O)CC(=O)N(C)c6ccccc6)cc5F)c4s3)c2)CC1. The molecule has 254 valence electrons. The molecule has 1 aliphatic rings. The molecular formula is C39H42FN5O3S. The number of likely N-dealkylation sites (N-methyl/N-ethyl adjacent to an activating group) is 2. The quantitative estimate of drug-likeness (QED) is 0.128. The van der Waals surface area contributed by atoms with E-state index in [0.717, 1.165) is 66.5 Å². The van der Waals surface area contributed by atoms with Gasteiger partial charge in [-0.1, -0.05) is 42.5 Å². The minimum atomic E-state index is -0.579. The number of carbonyl (C=O) groups is 2. The highest BCUT2D eigenvalue weighted by Gasteiger charge is 2.18. The number of Topliss-reactive ketones (excluding diaryl/α,β-unsaturated/α-hetero) is 1. The third-order valence-corrected chi connectivity index (χ3v) is 10.1. The Hall–Kier alpha value is -4.48. The Balaban J connectivity index is 1.08. The smallest absolute Gasteiger partial charge is 0.234 e. The number of ketones is 1. The first-order valence-corrected chi connectivity index (χ1v) is 17.4. The number of pyridine rings is 1. The Morgan fingerprint density at radius 1 is 0.898 bits per heavy atom. The summed E-state index contributed by atoms with van der Waals surface area (Å²) in [6.45, 7) is 7.46. The van der Waals surface area contributed by atoms with Crippen molar-refractivity contribution in [3.63, 3.8) is 0 Å². The molecule has 1 saturated heterocycles. The second-order valence-corrected chi connectivity index (χ2v) is 13.8. The number of thiophene rings is 1. The molecule has 1 amide bonds. The highest BCUT2D eigenvalue weighted by molar-refractivity contribution is 7.22. The highest BCUT2D eigenvalue weighted by Crippen LogP contribution is 2.40. The summed E-state index contributed by atoms with van der Waals surface area (Å²) in [5, 5.41) is 0. The summed E-state index contributed by atoms with van der Waals surface area (Å²) in [4.78, 5) is 39.6. The molecule has 0 unspecified atom stereocenters. The molecule has 0 spiro atoms. The summed E-state index contributed by atoms with van der Waals surface area (Å²) in [5.74, 6) is -0.615. The first kappa shape index (κ1) is 34.4. The Kier molecular flexibility index (Phi) is 11.1. The maximum Gasteiger partial charge on any atom is 0.234 e. The molecule has 0 bridgehead atoms. The number of ether oxygens (including phenoxy) is 1. The van der Waals surface area contributed by atoms with Gasteiger partial charge in [0.15, 0.2) is 11.6 Å². The van der Waals surface area contributed by atoms with E-state index >= 15 is 4.39 Å². The number of rotatable bonds is 13. The Morgan fingerprint density at radius 2 is 1.69 bits per heavy atom. The van der Waals surface area contributed by atoms with E-state index in [9.17, 15) is 9.59 Å². The normalized spacial score (nSPS) is 14.0. The minimum Gasteiger partial charge on any atom is -0.453 e. The lowest BCUT2D eigenvalue weighted by Gasteiger charge is -2.33. The number of piperazine rings is 1. The number of amides is 1. The molecular weight excluding hydrogens is 638 g/mol. The zero-order chi connectivity index (χ0) is 34.3. The summed E-state index contributed by atoms with van der Waals surface area (Å²) < 4.78 is 22.2. The molecule has 8 nitrogen and oxygen atoms in total. The van der Waals surface area contributed by atoms with Crippen LogP contribution in [-0.4, -0.2) is 91.8 Å². The van der Waals surface area contributed by atoms with E-state index in [0.29, 0.717) is 17.0 Å². The summed E-state index contributed by atoms with van der Waals surface area (Å²) >= 11 is 1.56. The summed E-state index contributed by atoms with van der Waals surface area (Å²) in [6, 6.07) is 26.0. The number of aromatic nitrogens is 1. The molecule has 1 aliphatic heterocycles. The van der Waals surface area contributed by atoms with Crippen molar-refractivity contribution < 1.29 is 18.7 Å². The van der Waals surface area contributed by atoms with Crippen molar-refractivity contribution in [2.24, 2.45) is 0 Å². The van der Waals surface area contributed by atoms with E-state index in [-0.39, 0.29) is 30.3 Å². The van der Waals surface area contributed by atoms with Crippen molar-refractivity contribution in [1.29, 1.82) is 0 Å². The molecule has 0 atom stereocenters. The van der Waals surface area contributed by atoms with Crippen LogP contribution in [0.5, 0.6) is 11.5 Å². The van der Waals surface area contributed by atoms with Gasteiger partial charge in [-0.25, -0.2) is 4.39 Å². The predicted molar refractivity (Wildman–Crippen MR) is 195 cm³/mol. The highest BCUT2D eigenvalue weighted by atomic mass is 32.1. The lowest BCUT2D eigenvalue weighted by Crippen LogP contribution is -2.46. The fourth-order valence-electron chi connectivity index (χ4n) is 5.96. The zero-order valence-electron chi connectivity index (χ0n) is 28.3. The van der Waals surface area contributed by atoms with Crippen LogP contribution in [-0.2, 0) is 22.6 Å². The van der Waals surface area contributed by atoms with Crippen LogP contribution in [0.3, 0.4) is 0 Å². The number of hydrogen-bond donors (Lipinski definition) is 0. The van der Waals surface area contributed by atoms with Gasteiger partial charge in [0.05, 0.1) is 16.6 Å². The van der Waals surface area contributed by atoms with Gasteiger partial charge in [-0.15, -0.1) is 11.3 Å². The lowest BCUT2D eigenvalue weighted by atomic mass is 10.1.